The predicted molar refractivity (Wildman–Crippen MR) is 72.7 cm³/mol. The van der Waals surface area contributed by atoms with Gasteiger partial charge in [-0.3, -0.25) is 9.89 Å². The highest BCUT2D eigenvalue weighted by Crippen LogP contribution is 2.18. The van der Waals surface area contributed by atoms with E-state index >= 15 is 0 Å². The summed E-state index contributed by atoms with van der Waals surface area (Å²) in [5.74, 6) is -0.00532. The minimum atomic E-state index is -0.00532. The Morgan fingerprint density at radius 1 is 1.37 bits per heavy atom. The molecule has 5 nitrogen and oxygen atoms in total. The number of aromatic amines is 2. The molecule has 3 rings (SSSR count). The molecule has 0 spiro atoms. The molecule has 19 heavy (non-hydrogen) atoms. The monoisotopic (exact) mass is 254 g/mol. The molecule has 0 saturated carbocycles. The molecular weight excluding hydrogens is 240 g/mol. The number of amides is 1. The number of hydrogen-bond donors (Lipinski definition) is 2. The number of aromatic nitrogens is 3. The molecule has 2 aromatic heterocycles. The van der Waals surface area contributed by atoms with Gasteiger partial charge in [0.15, 0.2) is 0 Å². The minimum absolute atomic E-state index is 0.00532. The summed E-state index contributed by atoms with van der Waals surface area (Å²) >= 11 is 0. The second kappa shape index (κ2) is 4.61. The molecule has 5 heteroatoms. The van der Waals surface area contributed by atoms with Crippen molar-refractivity contribution in [1.29, 1.82) is 0 Å². The molecule has 1 amide bonds. The molecule has 0 fully saturated rings. The fraction of sp³-hybridized carbons (Fsp3) is 0.143. The Morgan fingerprint density at radius 2 is 2.26 bits per heavy atom. The number of fused-ring (bicyclic) bond motifs is 1. The topological polar surface area (TPSA) is 64.8 Å². The van der Waals surface area contributed by atoms with E-state index in [0.717, 1.165) is 16.5 Å². The van der Waals surface area contributed by atoms with Crippen LogP contribution in [0.1, 0.15) is 15.9 Å². The highest BCUT2D eigenvalue weighted by Gasteiger charge is 2.15. The van der Waals surface area contributed by atoms with E-state index in [1.54, 1.807) is 24.3 Å². The van der Waals surface area contributed by atoms with Crippen LogP contribution in [0.3, 0.4) is 0 Å². The third-order valence-corrected chi connectivity index (χ3v) is 3.14. The predicted octanol–water partition coefficient (Wildman–Crippen LogP) is 2.16. The van der Waals surface area contributed by atoms with Gasteiger partial charge >= 0.3 is 0 Å². The number of rotatable bonds is 3. The van der Waals surface area contributed by atoms with Gasteiger partial charge in [0.2, 0.25) is 0 Å². The summed E-state index contributed by atoms with van der Waals surface area (Å²) in [6, 6.07) is 7.68. The first kappa shape index (κ1) is 11.5. The van der Waals surface area contributed by atoms with Gasteiger partial charge < -0.3 is 9.88 Å². The third kappa shape index (κ3) is 2.10. The summed E-state index contributed by atoms with van der Waals surface area (Å²) in [7, 11) is 1.79. The lowest BCUT2D eigenvalue weighted by Gasteiger charge is -2.16. The fourth-order valence-corrected chi connectivity index (χ4v) is 2.18. The van der Waals surface area contributed by atoms with Gasteiger partial charge in [-0.1, -0.05) is 12.1 Å². The summed E-state index contributed by atoms with van der Waals surface area (Å²) < 4.78 is 0. The summed E-state index contributed by atoms with van der Waals surface area (Å²) in [6.45, 7) is 0.534. The molecule has 2 heterocycles. The maximum Gasteiger partial charge on any atom is 0.256 e. The van der Waals surface area contributed by atoms with Crippen molar-refractivity contribution < 1.29 is 4.79 Å². The van der Waals surface area contributed by atoms with Crippen molar-refractivity contribution in [3.63, 3.8) is 0 Å². The Labute approximate surface area is 110 Å². The third-order valence-electron chi connectivity index (χ3n) is 3.14. The Kier molecular flexibility index (Phi) is 2.79. The molecule has 2 N–H and O–H groups in total. The Balaban J connectivity index is 1.89. The lowest BCUT2D eigenvalue weighted by molar-refractivity contribution is 0.0787. The van der Waals surface area contributed by atoms with Gasteiger partial charge in [0.25, 0.3) is 5.91 Å². The van der Waals surface area contributed by atoms with Crippen molar-refractivity contribution in [3.8, 4) is 0 Å². The van der Waals surface area contributed by atoms with Gasteiger partial charge in [-0.2, -0.15) is 5.10 Å². The summed E-state index contributed by atoms with van der Waals surface area (Å²) in [5.41, 5.74) is 2.55. The first-order valence-corrected chi connectivity index (χ1v) is 6.05. The molecule has 0 aliphatic heterocycles. The van der Waals surface area contributed by atoms with Crippen LogP contribution >= 0.6 is 0 Å². The summed E-state index contributed by atoms with van der Waals surface area (Å²) in [4.78, 5) is 17.3. The van der Waals surface area contributed by atoms with Crippen LogP contribution in [0, 0.1) is 0 Å². The second-order valence-corrected chi connectivity index (χ2v) is 4.52. The molecule has 3 aromatic rings. The highest BCUT2D eigenvalue weighted by molar-refractivity contribution is 6.05. The van der Waals surface area contributed by atoms with Gasteiger partial charge in [0, 0.05) is 36.9 Å². The van der Waals surface area contributed by atoms with E-state index in [9.17, 15) is 4.79 Å². The zero-order valence-electron chi connectivity index (χ0n) is 10.6. The van der Waals surface area contributed by atoms with E-state index in [1.807, 2.05) is 30.5 Å². The standard InChI is InChI=1S/C14H14N4O/c1-18(9-10-7-16-17-8-10)14(19)12-4-2-3-11-5-6-15-13(11)12/h2-8,15H,9H2,1H3,(H,16,17). The number of carbonyl (C=O) groups excluding carboxylic acids is 1. The molecule has 0 aliphatic rings. The van der Waals surface area contributed by atoms with Gasteiger partial charge in [-0.15, -0.1) is 0 Å². The Hall–Kier alpha value is -2.56. The van der Waals surface area contributed by atoms with E-state index in [4.69, 9.17) is 0 Å². The van der Waals surface area contributed by atoms with Gasteiger partial charge in [0.05, 0.1) is 17.3 Å². The molecule has 0 aliphatic carbocycles. The second-order valence-electron chi connectivity index (χ2n) is 4.52. The van der Waals surface area contributed by atoms with Crippen molar-refractivity contribution in [2.45, 2.75) is 6.54 Å². The van der Waals surface area contributed by atoms with Crippen molar-refractivity contribution in [3.05, 3.63) is 54.0 Å². The van der Waals surface area contributed by atoms with E-state index in [0.29, 0.717) is 12.1 Å². The van der Waals surface area contributed by atoms with Gasteiger partial charge in [-0.25, -0.2) is 0 Å². The number of H-pyrrole nitrogens is 2. The summed E-state index contributed by atoms with van der Waals surface area (Å²) in [6.07, 6.45) is 5.36. The smallest absolute Gasteiger partial charge is 0.256 e. The van der Waals surface area contributed by atoms with Crippen LogP contribution in [0.25, 0.3) is 10.9 Å². The van der Waals surface area contributed by atoms with E-state index in [2.05, 4.69) is 15.2 Å². The van der Waals surface area contributed by atoms with Crippen LogP contribution in [-0.2, 0) is 6.54 Å². The van der Waals surface area contributed by atoms with Crippen LogP contribution in [0.15, 0.2) is 42.9 Å². The Morgan fingerprint density at radius 3 is 3.05 bits per heavy atom. The number of nitrogens with one attached hydrogen (secondary N) is 2. The van der Waals surface area contributed by atoms with E-state index in [-0.39, 0.29) is 5.91 Å². The van der Waals surface area contributed by atoms with Crippen molar-refractivity contribution in [2.24, 2.45) is 0 Å². The number of hydrogen-bond acceptors (Lipinski definition) is 2. The van der Waals surface area contributed by atoms with Crippen LogP contribution in [0.4, 0.5) is 0 Å². The molecular formula is C14H14N4O. The number of carbonyl (C=O) groups is 1. The zero-order valence-corrected chi connectivity index (χ0v) is 10.6. The SMILES string of the molecule is CN(Cc1cn[nH]c1)C(=O)c1cccc2cc[nH]c12. The van der Waals surface area contributed by atoms with Crippen LogP contribution < -0.4 is 0 Å². The van der Waals surface area contributed by atoms with Gasteiger partial charge in [0.1, 0.15) is 0 Å². The molecule has 0 bridgehead atoms. The number of nitrogens with zero attached hydrogens (tertiary/aromatic N) is 2. The normalized spacial score (nSPS) is 10.8. The van der Waals surface area contributed by atoms with E-state index < -0.39 is 0 Å². The zero-order chi connectivity index (χ0) is 13.2. The molecule has 0 unspecified atom stereocenters. The highest BCUT2D eigenvalue weighted by atomic mass is 16.2. The molecule has 0 atom stereocenters. The van der Waals surface area contributed by atoms with Crippen LogP contribution in [0.5, 0.6) is 0 Å². The number of para-hydroxylation sites is 1. The van der Waals surface area contributed by atoms with E-state index in [1.165, 1.54) is 0 Å². The largest absolute Gasteiger partial charge is 0.361 e. The maximum atomic E-state index is 12.5. The fourth-order valence-electron chi connectivity index (χ4n) is 2.18. The maximum absolute atomic E-state index is 12.5. The average Bonchev–Trinajstić information content (AvgIpc) is 3.07. The quantitative estimate of drug-likeness (QED) is 0.752. The van der Waals surface area contributed by atoms with Gasteiger partial charge in [-0.05, 0) is 12.1 Å². The Bertz CT molecular complexity index is 699. The molecule has 0 saturated heterocycles. The molecule has 0 radical (unpaired) electrons. The minimum Gasteiger partial charge on any atom is -0.361 e. The average molecular weight is 254 g/mol. The van der Waals surface area contributed by atoms with Crippen LogP contribution in [0.2, 0.25) is 0 Å². The lowest BCUT2D eigenvalue weighted by Crippen LogP contribution is -2.26. The number of benzene rings is 1. The van der Waals surface area contributed by atoms with Crippen LogP contribution in [-0.4, -0.2) is 33.0 Å². The lowest BCUT2D eigenvalue weighted by atomic mass is 10.1. The van der Waals surface area contributed by atoms with Crippen molar-refractivity contribution in [2.75, 3.05) is 7.05 Å². The molecule has 96 valence electrons. The van der Waals surface area contributed by atoms with Crippen molar-refractivity contribution >= 4 is 16.8 Å². The summed E-state index contributed by atoms with van der Waals surface area (Å²) in [5, 5.41) is 7.67. The first-order valence-electron chi connectivity index (χ1n) is 6.05. The first-order chi connectivity index (χ1) is 9.25. The molecule has 1 aromatic carbocycles. The van der Waals surface area contributed by atoms with Crippen molar-refractivity contribution in [1.82, 2.24) is 20.1 Å².